The van der Waals surface area contributed by atoms with E-state index in [-0.39, 0.29) is 11.7 Å². The van der Waals surface area contributed by atoms with Crippen LogP contribution >= 0.6 is 0 Å². The molecule has 2 aromatic rings. The van der Waals surface area contributed by atoms with Crippen molar-refractivity contribution in [3.05, 3.63) is 34.1 Å². The quantitative estimate of drug-likeness (QED) is 0.896. The number of H-pyrrole nitrogens is 1. The molecular weight excluding hydrogens is 296 g/mol. The number of rotatable bonds is 4. The number of hydrogen-bond acceptors (Lipinski definition) is 5. The first-order chi connectivity index (χ1) is 11.3. The molecule has 1 saturated heterocycles. The molecule has 1 aromatic heterocycles. The Morgan fingerprint density at radius 1 is 1.13 bits per heavy atom. The van der Waals surface area contributed by atoms with Crippen molar-refractivity contribution in [3.63, 3.8) is 0 Å². The van der Waals surface area contributed by atoms with E-state index in [1.807, 2.05) is 18.2 Å². The molecule has 0 spiro atoms. The van der Waals surface area contributed by atoms with E-state index >= 15 is 0 Å². The molecule has 6 nitrogen and oxygen atoms in total. The molecule has 23 heavy (non-hydrogen) atoms. The zero-order chi connectivity index (χ0) is 15.6. The Morgan fingerprint density at radius 2 is 1.96 bits per heavy atom. The second kappa shape index (κ2) is 6.22. The summed E-state index contributed by atoms with van der Waals surface area (Å²) < 4.78 is 16.7. The molecule has 0 unspecified atom stereocenters. The molecule has 0 aliphatic carbocycles. The summed E-state index contributed by atoms with van der Waals surface area (Å²) in [6.07, 6.45) is 2.48. The normalized spacial score (nSPS) is 20.1. The van der Waals surface area contributed by atoms with Crippen LogP contribution in [0.5, 0.6) is 11.5 Å². The Morgan fingerprint density at radius 3 is 2.74 bits per heavy atom. The van der Waals surface area contributed by atoms with Gasteiger partial charge in [0.15, 0.2) is 11.5 Å². The molecule has 3 heterocycles. The third kappa shape index (κ3) is 3.04. The lowest BCUT2D eigenvalue weighted by Gasteiger charge is -2.19. The number of hydrogen-bond donors (Lipinski definition) is 2. The van der Waals surface area contributed by atoms with E-state index < -0.39 is 0 Å². The van der Waals surface area contributed by atoms with E-state index in [0.29, 0.717) is 31.1 Å². The van der Waals surface area contributed by atoms with Gasteiger partial charge in [0, 0.05) is 36.7 Å². The first-order valence-corrected chi connectivity index (χ1v) is 8.07. The predicted molar refractivity (Wildman–Crippen MR) is 86.2 cm³/mol. The van der Waals surface area contributed by atoms with Gasteiger partial charge in [-0.25, -0.2) is 0 Å². The largest absolute Gasteiger partial charge is 0.486 e. The summed E-state index contributed by atoms with van der Waals surface area (Å²) in [5, 5.41) is 4.26. The van der Waals surface area contributed by atoms with E-state index in [0.717, 1.165) is 42.6 Å². The standard InChI is InChI=1S/C17H20N2O4/c20-17-12(9-18-10-13-2-1-3-21-13)6-11-7-15-16(8-14(11)19-17)23-5-4-22-15/h6-8,13,18H,1-5,9-10H2,(H,19,20)/t13-/m0/s1. The van der Waals surface area contributed by atoms with Gasteiger partial charge in [-0.3, -0.25) is 4.79 Å². The minimum atomic E-state index is -0.0750. The highest BCUT2D eigenvalue weighted by Gasteiger charge is 2.16. The van der Waals surface area contributed by atoms with Gasteiger partial charge in [0.05, 0.1) is 11.6 Å². The van der Waals surface area contributed by atoms with Gasteiger partial charge < -0.3 is 24.5 Å². The van der Waals surface area contributed by atoms with Gasteiger partial charge >= 0.3 is 0 Å². The van der Waals surface area contributed by atoms with Gasteiger partial charge in [-0.05, 0) is 25.0 Å². The van der Waals surface area contributed by atoms with Gasteiger partial charge in [-0.15, -0.1) is 0 Å². The molecule has 1 fully saturated rings. The monoisotopic (exact) mass is 316 g/mol. The maximum absolute atomic E-state index is 12.2. The van der Waals surface area contributed by atoms with Crippen molar-refractivity contribution >= 4 is 10.9 Å². The topological polar surface area (TPSA) is 72.6 Å². The number of fused-ring (bicyclic) bond motifs is 2. The van der Waals surface area contributed by atoms with E-state index in [9.17, 15) is 4.79 Å². The number of aromatic amines is 1. The molecule has 0 bridgehead atoms. The molecule has 2 aliphatic heterocycles. The van der Waals surface area contributed by atoms with Crippen molar-refractivity contribution in [1.82, 2.24) is 10.3 Å². The molecule has 0 radical (unpaired) electrons. The fraction of sp³-hybridized carbons (Fsp3) is 0.471. The first kappa shape index (κ1) is 14.5. The van der Waals surface area contributed by atoms with Gasteiger partial charge in [0.2, 0.25) is 0 Å². The number of nitrogens with one attached hydrogen (secondary N) is 2. The lowest BCUT2D eigenvalue weighted by Crippen LogP contribution is -2.28. The van der Waals surface area contributed by atoms with Crippen molar-refractivity contribution in [2.24, 2.45) is 0 Å². The van der Waals surface area contributed by atoms with Crippen LogP contribution in [0.25, 0.3) is 10.9 Å². The van der Waals surface area contributed by atoms with Crippen molar-refractivity contribution < 1.29 is 14.2 Å². The van der Waals surface area contributed by atoms with Crippen molar-refractivity contribution in [1.29, 1.82) is 0 Å². The number of aromatic nitrogens is 1. The van der Waals surface area contributed by atoms with Gasteiger partial charge in [0.1, 0.15) is 13.2 Å². The maximum Gasteiger partial charge on any atom is 0.252 e. The lowest BCUT2D eigenvalue weighted by molar-refractivity contribution is 0.110. The molecule has 0 saturated carbocycles. The minimum Gasteiger partial charge on any atom is -0.486 e. The average Bonchev–Trinajstić information content (AvgIpc) is 3.07. The summed E-state index contributed by atoms with van der Waals surface area (Å²) in [5.41, 5.74) is 1.41. The van der Waals surface area contributed by atoms with Crippen LogP contribution in [0.3, 0.4) is 0 Å². The molecule has 1 aromatic carbocycles. The average molecular weight is 316 g/mol. The van der Waals surface area contributed by atoms with Gasteiger partial charge in [-0.1, -0.05) is 0 Å². The van der Waals surface area contributed by atoms with Crippen molar-refractivity contribution in [2.45, 2.75) is 25.5 Å². The first-order valence-electron chi connectivity index (χ1n) is 8.07. The summed E-state index contributed by atoms with van der Waals surface area (Å²) in [5.74, 6) is 1.41. The Hall–Kier alpha value is -2.05. The fourth-order valence-corrected chi connectivity index (χ4v) is 3.09. The third-order valence-electron chi connectivity index (χ3n) is 4.30. The smallest absolute Gasteiger partial charge is 0.252 e. The predicted octanol–water partition coefficient (Wildman–Crippen LogP) is 1.57. The van der Waals surface area contributed by atoms with Gasteiger partial charge in [0.25, 0.3) is 5.56 Å². The molecular formula is C17H20N2O4. The molecule has 6 heteroatoms. The second-order valence-electron chi connectivity index (χ2n) is 5.97. The van der Waals surface area contributed by atoms with E-state index in [4.69, 9.17) is 14.2 Å². The summed E-state index contributed by atoms with van der Waals surface area (Å²) in [6, 6.07) is 5.66. The Bertz CT molecular complexity index is 765. The Labute approximate surface area is 133 Å². The molecule has 122 valence electrons. The Balaban J connectivity index is 1.54. The summed E-state index contributed by atoms with van der Waals surface area (Å²) >= 11 is 0. The number of ether oxygens (including phenoxy) is 3. The summed E-state index contributed by atoms with van der Waals surface area (Å²) in [6.45, 7) is 3.24. The molecule has 1 atom stereocenters. The molecule has 4 rings (SSSR count). The van der Waals surface area contributed by atoms with E-state index in [1.54, 1.807) is 0 Å². The van der Waals surface area contributed by atoms with E-state index in [2.05, 4.69) is 10.3 Å². The van der Waals surface area contributed by atoms with E-state index in [1.165, 1.54) is 0 Å². The number of benzene rings is 1. The van der Waals surface area contributed by atoms with Crippen molar-refractivity contribution in [3.8, 4) is 11.5 Å². The highest BCUT2D eigenvalue weighted by atomic mass is 16.6. The SMILES string of the molecule is O=c1[nH]c2cc3c(cc2cc1CNC[C@@H]1CCCO1)OCCO3. The summed E-state index contributed by atoms with van der Waals surface area (Å²) in [7, 11) is 0. The van der Waals surface area contributed by atoms with Crippen LogP contribution in [0, 0.1) is 0 Å². The second-order valence-corrected chi connectivity index (χ2v) is 5.97. The van der Waals surface area contributed by atoms with Crippen molar-refractivity contribution in [2.75, 3.05) is 26.4 Å². The lowest BCUT2D eigenvalue weighted by atomic mass is 10.1. The van der Waals surface area contributed by atoms with Crippen LogP contribution in [0.2, 0.25) is 0 Å². The minimum absolute atomic E-state index is 0.0750. The zero-order valence-corrected chi connectivity index (χ0v) is 12.9. The molecule has 0 amide bonds. The summed E-state index contributed by atoms with van der Waals surface area (Å²) in [4.78, 5) is 15.2. The highest BCUT2D eigenvalue weighted by molar-refractivity contribution is 5.83. The Kier molecular flexibility index (Phi) is 3.93. The highest BCUT2D eigenvalue weighted by Crippen LogP contribution is 2.33. The molecule has 2 aliphatic rings. The number of pyridine rings is 1. The van der Waals surface area contributed by atoms with Crippen LogP contribution in [0.4, 0.5) is 0 Å². The maximum atomic E-state index is 12.2. The molecule has 2 N–H and O–H groups in total. The van der Waals surface area contributed by atoms with Gasteiger partial charge in [-0.2, -0.15) is 0 Å². The van der Waals surface area contributed by atoms with Crippen LogP contribution in [-0.2, 0) is 11.3 Å². The third-order valence-corrected chi connectivity index (χ3v) is 4.30. The van der Waals surface area contributed by atoms with Crippen LogP contribution in [0.15, 0.2) is 23.0 Å². The zero-order valence-electron chi connectivity index (χ0n) is 12.9. The van der Waals surface area contributed by atoms with Crippen LogP contribution in [0.1, 0.15) is 18.4 Å². The fourth-order valence-electron chi connectivity index (χ4n) is 3.09. The van der Waals surface area contributed by atoms with Crippen LogP contribution < -0.4 is 20.3 Å². The van der Waals surface area contributed by atoms with Crippen LogP contribution in [-0.4, -0.2) is 37.5 Å².